The summed E-state index contributed by atoms with van der Waals surface area (Å²) < 4.78 is 13.1. The van der Waals surface area contributed by atoms with E-state index in [1.807, 2.05) is 19.1 Å². The summed E-state index contributed by atoms with van der Waals surface area (Å²) in [6.45, 7) is 1.71. The van der Waals surface area contributed by atoms with E-state index >= 15 is 0 Å². The molecule has 0 aliphatic rings. The number of nitrogens with one attached hydrogen (secondary N) is 1. The molecule has 1 amide bonds. The molecule has 7 heteroatoms. The summed E-state index contributed by atoms with van der Waals surface area (Å²) in [7, 11) is 0. The van der Waals surface area contributed by atoms with Crippen molar-refractivity contribution in [2.45, 2.75) is 13.0 Å². The van der Waals surface area contributed by atoms with Crippen LogP contribution in [0.15, 0.2) is 42.5 Å². The lowest BCUT2D eigenvalue weighted by Gasteiger charge is -2.14. The quantitative estimate of drug-likeness (QED) is 0.654. The molecular formula is C16H15FN2O4. The number of aryl methyl sites for hydroxylation is 1. The van der Waals surface area contributed by atoms with E-state index in [9.17, 15) is 24.4 Å². The van der Waals surface area contributed by atoms with Gasteiger partial charge in [0, 0.05) is 6.54 Å². The van der Waals surface area contributed by atoms with Crippen molar-refractivity contribution in [2.24, 2.45) is 0 Å². The van der Waals surface area contributed by atoms with E-state index in [4.69, 9.17) is 0 Å². The molecule has 0 aliphatic carbocycles. The number of hydrogen-bond acceptors (Lipinski definition) is 4. The number of rotatable bonds is 5. The highest BCUT2D eigenvalue weighted by molar-refractivity contribution is 5.98. The minimum absolute atomic E-state index is 0.113. The molecule has 6 nitrogen and oxygen atoms in total. The van der Waals surface area contributed by atoms with Gasteiger partial charge in [0.15, 0.2) is 0 Å². The largest absolute Gasteiger partial charge is 0.387 e. The molecule has 0 aliphatic heterocycles. The van der Waals surface area contributed by atoms with E-state index in [0.29, 0.717) is 11.6 Å². The number of carbonyl (C=O) groups is 1. The Morgan fingerprint density at radius 1 is 1.35 bits per heavy atom. The Morgan fingerprint density at radius 3 is 2.70 bits per heavy atom. The molecule has 2 N–H and O–H groups in total. The Balaban J connectivity index is 2.11. The number of aliphatic hydroxyl groups is 1. The van der Waals surface area contributed by atoms with Crippen LogP contribution >= 0.6 is 0 Å². The molecule has 23 heavy (non-hydrogen) atoms. The zero-order chi connectivity index (χ0) is 17.0. The molecule has 120 valence electrons. The molecule has 0 unspecified atom stereocenters. The molecule has 2 aromatic rings. The first-order chi connectivity index (χ1) is 10.9. The lowest BCUT2D eigenvalue weighted by molar-refractivity contribution is -0.385. The van der Waals surface area contributed by atoms with Crippen molar-refractivity contribution in [3.8, 4) is 0 Å². The van der Waals surface area contributed by atoms with Crippen molar-refractivity contribution in [3.63, 3.8) is 0 Å². The molecule has 0 bridgehead atoms. The molecule has 0 heterocycles. The van der Waals surface area contributed by atoms with Crippen LogP contribution in [0, 0.1) is 22.9 Å². The first-order valence-electron chi connectivity index (χ1n) is 6.86. The van der Waals surface area contributed by atoms with Crippen LogP contribution in [-0.2, 0) is 0 Å². The van der Waals surface area contributed by atoms with Gasteiger partial charge in [0.2, 0.25) is 0 Å². The number of nitro benzene ring substituents is 1. The standard InChI is InChI=1S/C16H15FN2O4/c1-10-4-2-3-5-12(10)15(20)9-18-16(21)13-7-6-11(17)8-14(13)19(22)23/h2-8,15,20H,9H2,1H3,(H,18,21)/t15-/m0/s1. The third kappa shape index (κ3) is 3.89. The highest BCUT2D eigenvalue weighted by Crippen LogP contribution is 2.20. The van der Waals surface area contributed by atoms with Gasteiger partial charge in [-0.1, -0.05) is 24.3 Å². The smallest absolute Gasteiger partial charge is 0.285 e. The highest BCUT2D eigenvalue weighted by atomic mass is 19.1. The number of nitrogens with zero attached hydrogens (tertiary/aromatic N) is 1. The fraction of sp³-hybridized carbons (Fsp3) is 0.188. The summed E-state index contributed by atoms with van der Waals surface area (Å²) in [5.41, 5.74) is 0.643. The zero-order valence-corrected chi connectivity index (χ0v) is 12.3. The van der Waals surface area contributed by atoms with Gasteiger partial charge in [-0.25, -0.2) is 4.39 Å². The average molecular weight is 318 g/mol. The predicted octanol–water partition coefficient (Wildman–Crippen LogP) is 2.51. The van der Waals surface area contributed by atoms with Crippen LogP contribution in [0.25, 0.3) is 0 Å². The fourth-order valence-electron chi connectivity index (χ4n) is 2.20. The van der Waals surface area contributed by atoms with Gasteiger partial charge in [0.05, 0.1) is 17.1 Å². The van der Waals surface area contributed by atoms with E-state index in [0.717, 1.165) is 17.7 Å². The Kier molecular flexibility index (Phi) is 5.02. The molecule has 0 spiro atoms. The molecule has 0 saturated heterocycles. The average Bonchev–Trinajstić information content (AvgIpc) is 2.52. The number of carbonyl (C=O) groups excluding carboxylic acids is 1. The van der Waals surface area contributed by atoms with Gasteiger partial charge in [0.25, 0.3) is 11.6 Å². The summed E-state index contributed by atoms with van der Waals surface area (Å²) in [6, 6.07) is 9.84. The van der Waals surface area contributed by atoms with Gasteiger partial charge < -0.3 is 10.4 Å². The predicted molar refractivity (Wildman–Crippen MR) is 81.5 cm³/mol. The lowest BCUT2D eigenvalue weighted by atomic mass is 10.0. The third-order valence-corrected chi connectivity index (χ3v) is 3.40. The molecule has 2 aromatic carbocycles. The van der Waals surface area contributed by atoms with Gasteiger partial charge >= 0.3 is 0 Å². The molecule has 0 aromatic heterocycles. The molecule has 0 saturated carbocycles. The van der Waals surface area contributed by atoms with Crippen molar-refractivity contribution in [2.75, 3.05) is 6.54 Å². The maximum absolute atomic E-state index is 13.1. The van der Waals surface area contributed by atoms with E-state index in [1.165, 1.54) is 0 Å². The molecule has 1 atom stereocenters. The Morgan fingerprint density at radius 2 is 2.04 bits per heavy atom. The number of amides is 1. The Hall–Kier alpha value is -2.80. The van der Waals surface area contributed by atoms with Crippen LogP contribution in [0.1, 0.15) is 27.6 Å². The maximum atomic E-state index is 13.1. The second-order valence-electron chi connectivity index (χ2n) is 5.00. The number of nitro groups is 1. The van der Waals surface area contributed by atoms with Crippen LogP contribution in [0.4, 0.5) is 10.1 Å². The third-order valence-electron chi connectivity index (χ3n) is 3.40. The van der Waals surface area contributed by atoms with Crippen molar-refractivity contribution < 1.29 is 19.2 Å². The fourth-order valence-corrected chi connectivity index (χ4v) is 2.20. The van der Waals surface area contributed by atoms with Crippen LogP contribution in [0.2, 0.25) is 0 Å². The van der Waals surface area contributed by atoms with Crippen LogP contribution in [0.3, 0.4) is 0 Å². The van der Waals surface area contributed by atoms with Crippen molar-refractivity contribution in [1.82, 2.24) is 5.32 Å². The normalized spacial score (nSPS) is 11.8. The van der Waals surface area contributed by atoms with E-state index in [-0.39, 0.29) is 12.1 Å². The number of aliphatic hydroxyl groups excluding tert-OH is 1. The Labute approximate surface area is 131 Å². The number of halogens is 1. The first kappa shape index (κ1) is 16.6. The minimum Gasteiger partial charge on any atom is -0.387 e. The number of hydrogen-bond donors (Lipinski definition) is 2. The first-order valence-corrected chi connectivity index (χ1v) is 6.86. The topological polar surface area (TPSA) is 92.5 Å². The maximum Gasteiger partial charge on any atom is 0.285 e. The Bertz CT molecular complexity index is 749. The van der Waals surface area contributed by atoms with Crippen molar-refractivity contribution in [1.29, 1.82) is 0 Å². The molecular weight excluding hydrogens is 303 g/mol. The van der Waals surface area contributed by atoms with E-state index in [2.05, 4.69) is 5.32 Å². The van der Waals surface area contributed by atoms with Gasteiger partial charge in [0.1, 0.15) is 11.4 Å². The van der Waals surface area contributed by atoms with Gasteiger partial charge in [-0.2, -0.15) is 0 Å². The van der Waals surface area contributed by atoms with Crippen LogP contribution in [0.5, 0.6) is 0 Å². The molecule has 0 radical (unpaired) electrons. The van der Waals surface area contributed by atoms with E-state index < -0.39 is 28.4 Å². The van der Waals surface area contributed by atoms with Crippen molar-refractivity contribution >= 4 is 11.6 Å². The molecule has 2 rings (SSSR count). The van der Waals surface area contributed by atoms with Gasteiger partial charge in [-0.05, 0) is 30.2 Å². The lowest BCUT2D eigenvalue weighted by Crippen LogP contribution is -2.29. The highest BCUT2D eigenvalue weighted by Gasteiger charge is 2.21. The zero-order valence-electron chi connectivity index (χ0n) is 12.3. The second kappa shape index (κ2) is 6.97. The second-order valence-corrected chi connectivity index (χ2v) is 5.00. The van der Waals surface area contributed by atoms with Gasteiger partial charge in [-0.3, -0.25) is 14.9 Å². The number of benzene rings is 2. The summed E-state index contributed by atoms with van der Waals surface area (Å²) in [5, 5.41) is 23.4. The SMILES string of the molecule is Cc1ccccc1[C@@H](O)CNC(=O)c1ccc(F)cc1[N+](=O)[O-]. The van der Waals surface area contributed by atoms with Crippen LogP contribution < -0.4 is 5.32 Å². The molecule has 0 fully saturated rings. The minimum atomic E-state index is -0.945. The van der Waals surface area contributed by atoms with E-state index in [1.54, 1.807) is 12.1 Å². The monoisotopic (exact) mass is 318 g/mol. The summed E-state index contributed by atoms with van der Waals surface area (Å²) in [5.74, 6) is -1.54. The van der Waals surface area contributed by atoms with Gasteiger partial charge in [-0.15, -0.1) is 0 Å². The van der Waals surface area contributed by atoms with Crippen LogP contribution in [-0.4, -0.2) is 22.5 Å². The summed E-state index contributed by atoms with van der Waals surface area (Å²) in [4.78, 5) is 22.1. The van der Waals surface area contributed by atoms with Crippen molar-refractivity contribution in [3.05, 3.63) is 75.1 Å². The summed E-state index contributed by atoms with van der Waals surface area (Å²) in [6.07, 6.45) is -0.945. The summed E-state index contributed by atoms with van der Waals surface area (Å²) >= 11 is 0.